The van der Waals surface area contributed by atoms with E-state index in [1.807, 2.05) is 24.3 Å². The van der Waals surface area contributed by atoms with Crippen LogP contribution in [0.15, 0.2) is 42.5 Å². The van der Waals surface area contributed by atoms with Crippen molar-refractivity contribution < 1.29 is 9.53 Å². The molecule has 2 aromatic rings. The summed E-state index contributed by atoms with van der Waals surface area (Å²) in [6, 6.07) is 12.9. The van der Waals surface area contributed by atoms with Crippen molar-refractivity contribution in [2.24, 2.45) is 5.73 Å². The van der Waals surface area contributed by atoms with Gasteiger partial charge in [-0.3, -0.25) is 4.79 Å². The molecule has 3 rings (SSSR count). The van der Waals surface area contributed by atoms with Gasteiger partial charge in [-0.15, -0.1) is 0 Å². The number of amides is 1. The summed E-state index contributed by atoms with van der Waals surface area (Å²) in [5, 5.41) is 3.20. The molecule has 0 saturated carbocycles. The lowest BCUT2D eigenvalue weighted by Crippen LogP contribution is -2.19. The average molecular weight is 298 g/mol. The predicted octanol–water partition coefficient (Wildman–Crippen LogP) is 2.51. The third-order valence-corrected chi connectivity index (χ3v) is 3.75. The molecule has 106 valence electrons. The highest BCUT2D eigenvalue weighted by Crippen LogP contribution is 2.31. The molecule has 4 nitrogen and oxygen atoms in total. The molecule has 0 unspecified atom stereocenters. The number of carbonyl (C=O) groups is 1. The van der Waals surface area contributed by atoms with E-state index in [0.29, 0.717) is 22.7 Å². The summed E-state index contributed by atoms with van der Waals surface area (Å²) in [7, 11) is 0. The van der Waals surface area contributed by atoms with E-state index in [0.717, 1.165) is 23.4 Å². The molecule has 0 saturated heterocycles. The largest absolute Gasteiger partial charge is 0.493 e. The molecule has 0 spiro atoms. The van der Waals surface area contributed by atoms with E-state index in [9.17, 15) is 4.79 Å². The van der Waals surface area contributed by atoms with E-state index in [1.54, 1.807) is 18.2 Å². The lowest BCUT2D eigenvalue weighted by molar-refractivity contribution is 0.1000. The highest BCUT2D eigenvalue weighted by atomic mass is 32.1. The van der Waals surface area contributed by atoms with Gasteiger partial charge < -0.3 is 15.8 Å². The van der Waals surface area contributed by atoms with Gasteiger partial charge in [0.25, 0.3) is 0 Å². The van der Waals surface area contributed by atoms with Gasteiger partial charge in [-0.2, -0.15) is 0 Å². The Kier molecular flexibility index (Phi) is 3.58. The zero-order valence-corrected chi connectivity index (χ0v) is 12.1. The summed E-state index contributed by atoms with van der Waals surface area (Å²) >= 11 is 5.42. The van der Waals surface area contributed by atoms with Crippen LogP contribution in [0.4, 0.5) is 5.69 Å². The highest BCUT2D eigenvalue weighted by molar-refractivity contribution is 7.81. The van der Waals surface area contributed by atoms with Crippen molar-refractivity contribution in [2.45, 2.75) is 6.42 Å². The Hall–Kier alpha value is -2.40. The summed E-state index contributed by atoms with van der Waals surface area (Å²) in [6.45, 7) is 0.679. The maximum Gasteiger partial charge on any atom is 0.249 e. The summed E-state index contributed by atoms with van der Waals surface area (Å²) in [4.78, 5) is 12.0. The van der Waals surface area contributed by atoms with Crippen LogP contribution in [-0.2, 0) is 6.42 Å². The molecule has 0 atom stereocenters. The number of hydrogen-bond acceptors (Lipinski definition) is 3. The van der Waals surface area contributed by atoms with Gasteiger partial charge in [-0.1, -0.05) is 36.5 Å². The molecule has 0 aliphatic carbocycles. The molecule has 5 heteroatoms. The summed E-state index contributed by atoms with van der Waals surface area (Å²) < 4.78 is 5.53. The number of hydrogen-bond donors (Lipinski definition) is 2. The normalized spacial score (nSPS) is 12.4. The van der Waals surface area contributed by atoms with Crippen molar-refractivity contribution >= 4 is 28.8 Å². The van der Waals surface area contributed by atoms with Crippen LogP contribution in [-0.4, -0.2) is 17.5 Å². The first-order valence-corrected chi connectivity index (χ1v) is 7.02. The minimum atomic E-state index is -0.489. The van der Waals surface area contributed by atoms with Crippen LogP contribution >= 0.6 is 12.2 Å². The minimum Gasteiger partial charge on any atom is -0.493 e. The minimum absolute atomic E-state index is 0.416. The number of primary amides is 1. The predicted molar refractivity (Wildman–Crippen MR) is 85.9 cm³/mol. The molecule has 3 N–H and O–H groups in total. The quantitative estimate of drug-likeness (QED) is 0.855. The molecular weight excluding hydrogens is 284 g/mol. The van der Waals surface area contributed by atoms with Crippen molar-refractivity contribution in [2.75, 3.05) is 11.9 Å². The number of thiocarbonyl (C=S) groups is 1. The molecule has 0 aromatic heterocycles. The molecule has 1 aliphatic heterocycles. The van der Waals surface area contributed by atoms with E-state index in [4.69, 9.17) is 22.7 Å². The molecular formula is C16H14N2O2S. The van der Waals surface area contributed by atoms with Crippen LogP contribution in [0.3, 0.4) is 0 Å². The fourth-order valence-electron chi connectivity index (χ4n) is 2.42. The van der Waals surface area contributed by atoms with E-state index >= 15 is 0 Å². The SMILES string of the molecule is NC(=O)c1ccccc1C(=S)Nc1cccc2c1CCO2. The van der Waals surface area contributed by atoms with E-state index in [-0.39, 0.29) is 0 Å². The molecule has 2 aromatic carbocycles. The Balaban J connectivity index is 1.91. The monoisotopic (exact) mass is 298 g/mol. The summed E-state index contributed by atoms with van der Waals surface area (Å²) in [6.07, 6.45) is 0.846. The standard InChI is InChI=1S/C16H14N2O2S/c17-15(19)10-4-1-2-5-11(10)16(21)18-13-6-3-7-14-12(13)8-9-20-14/h1-7H,8-9H2,(H2,17,19)(H,18,21). The summed E-state index contributed by atoms with van der Waals surface area (Å²) in [5.74, 6) is 0.391. The number of anilines is 1. The topological polar surface area (TPSA) is 64.4 Å². The van der Waals surface area contributed by atoms with Crippen molar-refractivity contribution in [1.29, 1.82) is 0 Å². The van der Waals surface area contributed by atoms with Gasteiger partial charge in [0.15, 0.2) is 0 Å². The second-order valence-corrected chi connectivity index (χ2v) is 5.15. The third-order valence-electron chi connectivity index (χ3n) is 3.43. The Labute approximate surface area is 127 Å². The van der Waals surface area contributed by atoms with Crippen molar-refractivity contribution in [3.63, 3.8) is 0 Å². The second-order valence-electron chi connectivity index (χ2n) is 4.74. The van der Waals surface area contributed by atoms with Gasteiger partial charge in [0.1, 0.15) is 10.7 Å². The fourth-order valence-corrected chi connectivity index (χ4v) is 2.71. The van der Waals surface area contributed by atoms with Crippen LogP contribution in [0.2, 0.25) is 0 Å². The maximum absolute atomic E-state index is 11.5. The first-order chi connectivity index (χ1) is 10.2. The first-order valence-electron chi connectivity index (χ1n) is 6.61. The Morgan fingerprint density at radius 3 is 2.67 bits per heavy atom. The Bertz CT molecular complexity index is 728. The molecule has 1 heterocycles. The number of fused-ring (bicyclic) bond motifs is 1. The average Bonchev–Trinajstić information content (AvgIpc) is 2.96. The number of ether oxygens (including phenoxy) is 1. The number of nitrogens with one attached hydrogen (secondary N) is 1. The van der Waals surface area contributed by atoms with Crippen LogP contribution in [0.25, 0.3) is 0 Å². The van der Waals surface area contributed by atoms with Gasteiger partial charge in [-0.05, 0) is 18.2 Å². The Morgan fingerprint density at radius 2 is 1.90 bits per heavy atom. The number of rotatable bonds is 3. The lowest BCUT2D eigenvalue weighted by Gasteiger charge is -2.13. The van der Waals surface area contributed by atoms with E-state index in [2.05, 4.69) is 5.32 Å². The molecule has 1 aliphatic rings. The summed E-state index contributed by atoms with van der Waals surface area (Å²) in [5.41, 5.74) is 8.46. The van der Waals surface area contributed by atoms with Crippen LogP contribution in [0, 0.1) is 0 Å². The van der Waals surface area contributed by atoms with Crippen LogP contribution in [0.5, 0.6) is 5.75 Å². The van der Waals surface area contributed by atoms with Gasteiger partial charge in [0.05, 0.1) is 6.61 Å². The van der Waals surface area contributed by atoms with Crippen molar-refractivity contribution in [1.82, 2.24) is 0 Å². The highest BCUT2D eigenvalue weighted by Gasteiger charge is 2.18. The van der Waals surface area contributed by atoms with Gasteiger partial charge in [-0.25, -0.2) is 0 Å². The van der Waals surface area contributed by atoms with Crippen molar-refractivity contribution in [3.05, 3.63) is 59.2 Å². The maximum atomic E-state index is 11.5. The molecule has 0 bridgehead atoms. The molecule has 0 radical (unpaired) electrons. The van der Waals surface area contributed by atoms with Gasteiger partial charge in [0, 0.05) is 28.8 Å². The van der Waals surface area contributed by atoms with Crippen LogP contribution in [0.1, 0.15) is 21.5 Å². The number of benzene rings is 2. The number of carbonyl (C=O) groups excluding carboxylic acids is 1. The van der Waals surface area contributed by atoms with Gasteiger partial charge >= 0.3 is 0 Å². The molecule has 1 amide bonds. The molecule has 0 fully saturated rings. The zero-order chi connectivity index (χ0) is 14.8. The fraction of sp³-hybridized carbons (Fsp3) is 0.125. The second kappa shape index (κ2) is 5.54. The first kappa shape index (κ1) is 13.6. The van der Waals surface area contributed by atoms with E-state index < -0.39 is 5.91 Å². The van der Waals surface area contributed by atoms with Crippen LogP contribution < -0.4 is 15.8 Å². The van der Waals surface area contributed by atoms with E-state index in [1.165, 1.54) is 0 Å². The number of nitrogens with two attached hydrogens (primary N) is 1. The Morgan fingerprint density at radius 1 is 1.14 bits per heavy atom. The van der Waals surface area contributed by atoms with Gasteiger partial charge in [0.2, 0.25) is 5.91 Å². The smallest absolute Gasteiger partial charge is 0.249 e. The zero-order valence-electron chi connectivity index (χ0n) is 11.3. The molecule has 21 heavy (non-hydrogen) atoms. The third kappa shape index (κ3) is 2.60. The lowest BCUT2D eigenvalue weighted by atomic mass is 10.1. The van der Waals surface area contributed by atoms with Crippen molar-refractivity contribution in [3.8, 4) is 5.75 Å².